The minimum absolute atomic E-state index is 0.0360. The second kappa shape index (κ2) is 7.95. The first-order chi connectivity index (χ1) is 12.6. The van der Waals surface area contributed by atoms with Crippen LogP contribution in [0, 0.1) is 0 Å². The quantitative estimate of drug-likeness (QED) is 0.753. The number of rotatable bonds is 6. The van der Waals surface area contributed by atoms with Gasteiger partial charge in [-0.15, -0.1) is 0 Å². The molecule has 3 amide bonds. The van der Waals surface area contributed by atoms with Gasteiger partial charge in [-0.05, 0) is 24.1 Å². The van der Waals surface area contributed by atoms with Crippen LogP contribution in [0.25, 0.3) is 0 Å². The second-order valence-electron chi connectivity index (χ2n) is 6.30. The molecular formula is C21H22N2O3. The van der Waals surface area contributed by atoms with Gasteiger partial charge in [0.15, 0.2) is 0 Å². The minimum atomic E-state index is -0.723. The Morgan fingerprint density at radius 2 is 1.65 bits per heavy atom. The molecule has 1 fully saturated rings. The zero-order valence-electron chi connectivity index (χ0n) is 14.8. The van der Waals surface area contributed by atoms with Crippen LogP contribution in [0.5, 0.6) is 0 Å². The number of anilines is 1. The summed E-state index contributed by atoms with van der Waals surface area (Å²) in [4.78, 5) is 40.6. The average Bonchev–Trinajstić information content (AvgIpc) is 2.97. The number of carbonyl (C=O) groups excluding carboxylic acids is 3. The van der Waals surface area contributed by atoms with Gasteiger partial charge in [-0.3, -0.25) is 14.4 Å². The summed E-state index contributed by atoms with van der Waals surface area (Å²) in [7, 11) is 0. The molecule has 134 valence electrons. The van der Waals surface area contributed by atoms with Crippen molar-refractivity contribution in [2.75, 3.05) is 11.4 Å². The lowest BCUT2D eigenvalue weighted by molar-refractivity contribution is -0.138. The summed E-state index contributed by atoms with van der Waals surface area (Å²) >= 11 is 0. The molecule has 1 aliphatic heterocycles. The maximum atomic E-state index is 12.9. The molecule has 1 atom stereocenters. The molecule has 1 heterocycles. The molecule has 0 unspecified atom stereocenters. The van der Waals surface area contributed by atoms with E-state index in [-0.39, 0.29) is 24.1 Å². The van der Waals surface area contributed by atoms with E-state index in [0.29, 0.717) is 25.1 Å². The summed E-state index contributed by atoms with van der Waals surface area (Å²) in [6, 6.07) is 18.0. The summed E-state index contributed by atoms with van der Waals surface area (Å²) in [6.07, 6.45) is 0.988. The molecule has 26 heavy (non-hydrogen) atoms. The third kappa shape index (κ3) is 3.67. The van der Waals surface area contributed by atoms with Crippen molar-refractivity contribution in [1.29, 1.82) is 0 Å². The number of amides is 3. The molecule has 2 aromatic carbocycles. The molecule has 0 aromatic heterocycles. The molecule has 3 rings (SSSR count). The van der Waals surface area contributed by atoms with E-state index in [9.17, 15) is 14.4 Å². The van der Waals surface area contributed by atoms with Crippen molar-refractivity contribution in [3.05, 3.63) is 66.2 Å². The van der Waals surface area contributed by atoms with Crippen LogP contribution in [0.15, 0.2) is 60.7 Å². The largest absolute Gasteiger partial charge is 0.330 e. The van der Waals surface area contributed by atoms with Crippen molar-refractivity contribution in [1.82, 2.24) is 4.90 Å². The predicted molar refractivity (Wildman–Crippen MR) is 99.5 cm³/mol. The summed E-state index contributed by atoms with van der Waals surface area (Å²) in [5.74, 6) is -0.696. The summed E-state index contributed by atoms with van der Waals surface area (Å²) in [5, 5.41) is 0. The van der Waals surface area contributed by atoms with E-state index in [2.05, 4.69) is 0 Å². The number of nitrogens with zero attached hydrogens (tertiary/aromatic N) is 2. The van der Waals surface area contributed by atoms with Crippen LogP contribution in [-0.4, -0.2) is 35.2 Å². The van der Waals surface area contributed by atoms with Gasteiger partial charge < -0.3 is 4.90 Å². The van der Waals surface area contributed by atoms with Crippen LogP contribution in [0.3, 0.4) is 0 Å². The molecule has 2 aromatic rings. The molecule has 0 radical (unpaired) electrons. The maximum Gasteiger partial charge on any atom is 0.257 e. The molecule has 5 heteroatoms. The number of imide groups is 1. The van der Waals surface area contributed by atoms with Crippen molar-refractivity contribution < 1.29 is 14.4 Å². The summed E-state index contributed by atoms with van der Waals surface area (Å²) in [5.41, 5.74) is 1.65. The molecule has 0 spiro atoms. The Morgan fingerprint density at radius 3 is 2.27 bits per heavy atom. The summed E-state index contributed by atoms with van der Waals surface area (Å²) in [6.45, 7) is 2.19. The molecule has 0 saturated carbocycles. The minimum Gasteiger partial charge on any atom is -0.330 e. The van der Waals surface area contributed by atoms with E-state index >= 15 is 0 Å². The SMILES string of the molecule is CCC(=O)N(CCc1ccccc1)[C@H]1CC(=O)N(c2ccccc2)C1=O. The number of para-hydroxylation sites is 1. The van der Waals surface area contributed by atoms with Crippen LogP contribution in [0.4, 0.5) is 5.69 Å². The topological polar surface area (TPSA) is 57.7 Å². The Morgan fingerprint density at radius 1 is 1.04 bits per heavy atom. The zero-order chi connectivity index (χ0) is 18.5. The molecule has 0 aliphatic carbocycles. The molecule has 0 N–H and O–H groups in total. The zero-order valence-corrected chi connectivity index (χ0v) is 14.8. The van der Waals surface area contributed by atoms with Crippen LogP contribution in [0.2, 0.25) is 0 Å². The number of carbonyl (C=O) groups is 3. The maximum absolute atomic E-state index is 12.9. The van der Waals surface area contributed by atoms with Gasteiger partial charge in [-0.25, -0.2) is 4.90 Å². The van der Waals surface area contributed by atoms with E-state index in [1.165, 1.54) is 4.90 Å². The number of benzene rings is 2. The monoisotopic (exact) mass is 350 g/mol. The number of hydrogen-bond donors (Lipinski definition) is 0. The highest BCUT2D eigenvalue weighted by molar-refractivity contribution is 6.23. The summed E-state index contributed by atoms with van der Waals surface area (Å²) < 4.78 is 0. The van der Waals surface area contributed by atoms with Gasteiger partial charge in [0.1, 0.15) is 6.04 Å². The van der Waals surface area contributed by atoms with E-state index in [1.807, 2.05) is 36.4 Å². The fourth-order valence-electron chi connectivity index (χ4n) is 3.26. The van der Waals surface area contributed by atoms with Crippen molar-refractivity contribution >= 4 is 23.4 Å². The van der Waals surface area contributed by atoms with Crippen molar-refractivity contribution in [3.8, 4) is 0 Å². The first-order valence-corrected chi connectivity index (χ1v) is 8.87. The predicted octanol–water partition coefficient (Wildman–Crippen LogP) is 2.80. The second-order valence-corrected chi connectivity index (χ2v) is 6.30. The van der Waals surface area contributed by atoms with Crippen molar-refractivity contribution in [3.63, 3.8) is 0 Å². The van der Waals surface area contributed by atoms with E-state index in [1.54, 1.807) is 36.1 Å². The van der Waals surface area contributed by atoms with Gasteiger partial charge in [0.25, 0.3) is 5.91 Å². The molecule has 1 aliphatic rings. The van der Waals surface area contributed by atoms with Gasteiger partial charge in [0.05, 0.1) is 12.1 Å². The van der Waals surface area contributed by atoms with E-state index in [4.69, 9.17) is 0 Å². The highest BCUT2D eigenvalue weighted by atomic mass is 16.2. The fraction of sp³-hybridized carbons (Fsp3) is 0.286. The van der Waals surface area contributed by atoms with Crippen LogP contribution in [0.1, 0.15) is 25.3 Å². The van der Waals surface area contributed by atoms with E-state index < -0.39 is 6.04 Å². The lowest BCUT2D eigenvalue weighted by Crippen LogP contribution is -2.46. The first kappa shape index (κ1) is 17.9. The van der Waals surface area contributed by atoms with E-state index in [0.717, 1.165) is 5.56 Å². The van der Waals surface area contributed by atoms with Crippen LogP contribution in [-0.2, 0) is 20.8 Å². The molecular weight excluding hydrogens is 328 g/mol. The van der Waals surface area contributed by atoms with Crippen LogP contribution >= 0.6 is 0 Å². The van der Waals surface area contributed by atoms with Gasteiger partial charge in [0, 0.05) is 13.0 Å². The van der Waals surface area contributed by atoms with Gasteiger partial charge in [-0.2, -0.15) is 0 Å². The van der Waals surface area contributed by atoms with Gasteiger partial charge in [-0.1, -0.05) is 55.5 Å². The standard InChI is InChI=1S/C21H22N2O3/c1-2-19(24)22(14-13-16-9-5-3-6-10-16)18-15-20(25)23(21(18)26)17-11-7-4-8-12-17/h3-12,18H,2,13-15H2,1H3/t18-/m0/s1. The Balaban J connectivity index is 1.79. The molecule has 0 bridgehead atoms. The highest BCUT2D eigenvalue weighted by Gasteiger charge is 2.43. The Bertz CT molecular complexity index is 789. The van der Waals surface area contributed by atoms with Crippen LogP contribution < -0.4 is 4.90 Å². The van der Waals surface area contributed by atoms with Crippen molar-refractivity contribution in [2.24, 2.45) is 0 Å². The lowest BCUT2D eigenvalue weighted by Gasteiger charge is -2.27. The number of hydrogen-bond acceptors (Lipinski definition) is 3. The van der Waals surface area contributed by atoms with Gasteiger partial charge in [0.2, 0.25) is 11.8 Å². The van der Waals surface area contributed by atoms with Crippen molar-refractivity contribution in [2.45, 2.75) is 32.2 Å². The Labute approximate surface area is 153 Å². The average molecular weight is 350 g/mol. The molecule has 1 saturated heterocycles. The third-order valence-corrected chi connectivity index (χ3v) is 4.62. The smallest absolute Gasteiger partial charge is 0.257 e. The highest BCUT2D eigenvalue weighted by Crippen LogP contribution is 2.26. The third-order valence-electron chi connectivity index (χ3n) is 4.62. The van der Waals surface area contributed by atoms with Gasteiger partial charge >= 0.3 is 0 Å². The Hall–Kier alpha value is -2.95. The Kier molecular flexibility index (Phi) is 5.46. The fourth-order valence-corrected chi connectivity index (χ4v) is 3.26. The lowest BCUT2D eigenvalue weighted by atomic mass is 10.1. The normalized spacial score (nSPS) is 16.8. The first-order valence-electron chi connectivity index (χ1n) is 8.87. The molecule has 5 nitrogen and oxygen atoms in total.